The normalized spacial score (nSPS) is 23.8. The Kier molecular flexibility index (Phi) is 4.75. The fraction of sp³-hybridized carbons (Fsp3) is 0.733. The summed E-state index contributed by atoms with van der Waals surface area (Å²) in [5.41, 5.74) is 6.73. The van der Waals surface area contributed by atoms with Crippen LogP contribution in [-0.2, 0) is 6.54 Å². The molecule has 1 aromatic rings. The molecule has 0 aromatic carbocycles. The summed E-state index contributed by atoms with van der Waals surface area (Å²) in [6.07, 6.45) is 6.66. The molecule has 0 bridgehead atoms. The topological polar surface area (TPSA) is 55.0 Å². The first-order valence-electron chi connectivity index (χ1n) is 7.38. The molecule has 0 aliphatic heterocycles. The van der Waals surface area contributed by atoms with Gasteiger partial charge in [-0.2, -0.15) is 0 Å². The molecule has 1 saturated carbocycles. The van der Waals surface area contributed by atoms with Gasteiger partial charge in [0.05, 0.1) is 6.54 Å². The van der Waals surface area contributed by atoms with Crippen molar-refractivity contribution in [3.63, 3.8) is 0 Å². The molecule has 4 heteroatoms. The first-order valence-corrected chi connectivity index (χ1v) is 7.38. The van der Waals surface area contributed by atoms with Gasteiger partial charge in [0, 0.05) is 17.8 Å². The summed E-state index contributed by atoms with van der Waals surface area (Å²) in [6, 6.07) is 2.49. The van der Waals surface area contributed by atoms with E-state index in [9.17, 15) is 0 Å². The summed E-state index contributed by atoms with van der Waals surface area (Å²) < 4.78 is 0. The highest BCUT2D eigenvalue weighted by Crippen LogP contribution is 2.29. The zero-order valence-electron chi connectivity index (χ0n) is 12.4. The Morgan fingerprint density at radius 2 is 1.95 bits per heavy atom. The maximum absolute atomic E-state index is 5.78. The Hall–Kier alpha value is -1.16. The Bertz CT molecular complexity index is 390. The van der Waals surface area contributed by atoms with Gasteiger partial charge in [0.25, 0.3) is 0 Å². The fourth-order valence-electron chi connectivity index (χ4n) is 3.07. The molecule has 2 rings (SSSR count). The molecule has 1 aromatic heterocycles. The third-order valence-corrected chi connectivity index (χ3v) is 4.33. The van der Waals surface area contributed by atoms with Crippen molar-refractivity contribution in [2.24, 2.45) is 5.92 Å². The van der Waals surface area contributed by atoms with E-state index in [2.05, 4.69) is 28.8 Å². The number of nitrogens with two attached hydrogens (primary N) is 1. The van der Waals surface area contributed by atoms with Crippen LogP contribution in [0.2, 0.25) is 0 Å². The Morgan fingerprint density at radius 1 is 1.26 bits per heavy atom. The Labute approximate surface area is 116 Å². The van der Waals surface area contributed by atoms with Crippen molar-refractivity contribution < 1.29 is 0 Å². The third-order valence-electron chi connectivity index (χ3n) is 4.33. The highest BCUT2D eigenvalue weighted by molar-refractivity contribution is 5.29. The molecule has 1 fully saturated rings. The van der Waals surface area contributed by atoms with Gasteiger partial charge in [0.2, 0.25) is 0 Å². The molecule has 1 aliphatic carbocycles. The largest absolute Gasteiger partial charge is 0.384 e. The van der Waals surface area contributed by atoms with Crippen LogP contribution in [0.25, 0.3) is 0 Å². The summed E-state index contributed by atoms with van der Waals surface area (Å²) in [5, 5.41) is 0. The van der Waals surface area contributed by atoms with Gasteiger partial charge < -0.3 is 5.73 Å². The second kappa shape index (κ2) is 6.33. The van der Waals surface area contributed by atoms with Crippen molar-refractivity contribution in [3.8, 4) is 0 Å². The number of rotatable bonds is 4. The van der Waals surface area contributed by atoms with E-state index in [-0.39, 0.29) is 0 Å². The zero-order chi connectivity index (χ0) is 13.8. The molecular formula is C15H26N4. The zero-order valence-corrected chi connectivity index (χ0v) is 12.4. The standard InChI is InChI=1S/C15H26N4/c1-4-12-5-7-13(8-6-12)19(3)10-15-17-11(2)9-14(16)18-15/h9,12-13H,4-8,10H2,1-3H3,(H2,16,17,18). The van der Waals surface area contributed by atoms with Gasteiger partial charge in [0.15, 0.2) is 0 Å². The second-order valence-electron chi connectivity index (χ2n) is 5.85. The van der Waals surface area contributed by atoms with E-state index in [4.69, 9.17) is 5.73 Å². The van der Waals surface area contributed by atoms with Crippen molar-refractivity contribution in [1.82, 2.24) is 14.9 Å². The molecule has 4 nitrogen and oxygen atoms in total. The number of nitrogen functional groups attached to an aromatic ring is 1. The smallest absolute Gasteiger partial charge is 0.144 e. The van der Waals surface area contributed by atoms with E-state index in [1.807, 2.05) is 13.0 Å². The fourth-order valence-corrected chi connectivity index (χ4v) is 3.07. The Balaban J connectivity index is 1.92. The monoisotopic (exact) mass is 262 g/mol. The van der Waals surface area contributed by atoms with Crippen LogP contribution in [0, 0.1) is 12.8 Å². The molecule has 1 aliphatic rings. The van der Waals surface area contributed by atoms with Gasteiger partial charge in [-0.25, -0.2) is 9.97 Å². The molecule has 1 heterocycles. The number of aryl methyl sites for hydroxylation is 1. The maximum Gasteiger partial charge on any atom is 0.144 e. The molecule has 0 radical (unpaired) electrons. The molecule has 0 amide bonds. The van der Waals surface area contributed by atoms with Crippen LogP contribution in [0.1, 0.15) is 50.5 Å². The van der Waals surface area contributed by atoms with Crippen LogP contribution in [0.4, 0.5) is 5.82 Å². The predicted octanol–water partition coefficient (Wildman–Crippen LogP) is 2.77. The average Bonchev–Trinajstić information content (AvgIpc) is 2.37. The van der Waals surface area contributed by atoms with Crippen molar-refractivity contribution in [2.45, 2.75) is 58.5 Å². The minimum absolute atomic E-state index is 0.575. The van der Waals surface area contributed by atoms with Gasteiger partial charge in [-0.15, -0.1) is 0 Å². The SMILES string of the molecule is CCC1CCC(N(C)Cc2nc(C)cc(N)n2)CC1. The molecule has 106 valence electrons. The third kappa shape index (κ3) is 3.90. The quantitative estimate of drug-likeness (QED) is 0.906. The van der Waals surface area contributed by atoms with E-state index in [0.29, 0.717) is 11.9 Å². The molecule has 0 unspecified atom stereocenters. The number of hydrogen-bond acceptors (Lipinski definition) is 4. The number of aromatic nitrogens is 2. The first-order chi connectivity index (χ1) is 9.08. The molecule has 19 heavy (non-hydrogen) atoms. The molecule has 0 saturated heterocycles. The van der Waals surface area contributed by atoms with Crippen molar-refractivity contribution in [3.05, 3.63) is 17.6 Å². The summed E-state index contributed by atoms with van der Waals surface area (Å²) in [4.78, 5) is 11.2. The van der Waals surface area contributed by atoms with Crippen molar-refractivity contribution >= 4 is 5.82 Å². The number of hydrogen-bond donors (Lipinski definition) is 1. The van der Waals surface area contributed by atoms with E-state index in [1.54, 1.807) is 0 Å². The van der Waals surface area contributed by atoms with Crippen molar-refractivity contribution in [1.29, 1.82) is 0 Å². The van der Waals surface area contributed by atoms with Crippen molar-refractivity contribution in [2.75, 3.05) is 12.8 Å². The van der Waals surface area contributed by atoms with Crippen LogP contribution in [0.15, 0.2) is 6.07 Å². The van der Waals surface area contributed by atoms with Crippen LogP contribution >= 0.6 is 0 Å². The van der Waals surface area contributed by atoms with Gasteiger partial charge >= 0.3 is 0 Å². The Morgan fingerprint density at radius 3 is 2.53 bits per heavy atom. The predicted molar refractivity (Wildman–Crippen MR) is 78.7 cm³/mol. The highest BCUT2D eigenvalue weighted by Gasteiger charge is 2.23. The van der Waals surface area contributed by atoms with Crippen LogP contribution in [-0.4, -0.2) is 28.0 Å². The van der Waals surface area contributed by atoms with E-state index >= 15 is 0 Å². The lowest BCUT2D eigenvalue weighted by molar-refractivity contribution is 0.154. The lowest BCUT2D eigenvalue weighted by atomic mass is 9.84. The van der Waals surface area contributed by atoms with Crippen LogP contribution < -0.4 is 5.73 Å². The summed E-state index contributed by atoms with van der Waals surface area (Å²) in [5.74, 6) is 2.36. The minimum Gasteiger partial charge on any atom is -0.384 e. The van der Waals surface area contributed by atoms with E-state index < -0.39 is 0 Å². The van der Waals surface area contributed by atoms with Gasteiger partial charge in [-0.3, -0.25) is 4.90 Å². The van der Waals surface area contributed by atoms with Crippen LogP contribution in [0.3, 0.4) is 0 Å². The summed E-state index contributed by atoms with van der Waals surface area (Å²) in [7, 11) is 2.18. The molecule has 0 atom stereocenters. The van der Waals surface area contributed by atoms with Gasteiger partial charge in [-0.1, -0.05) is 13.3 Å². The number of nitrogens with zero attached hydrogens (tertiary/aromatic N) is 3. The second-order valence-corrected chi connectivity index (χ2v) is 5.85. The molecule has 0 spiro atoms. The maximum atomic E-state index is 5.78. The molecule has 2 N–H and O–H groups in total. The highest BCUT2D eigenvalue weighted by atomic mass is 15.2. The average molecular weight is 262 g/mol. The summed E-state index contributed by atoms with van der Waals surface area (Å²) in [6.45, 7) is 5.07. The number of anilines is 1. The molecular weight excluding hydrogens is 236 g/mol. The van der Waals surface area contributed by atoms with Crippen LogP contribution in [0.5, 0.6) is 0 Å². The van der Waals surface area contributed by atoms with Gasteiger partial charge in [0.1, 0.15) is 11.6 Å². The van der Waals surface area contributed by atoms with E-state index in [0.717, 1.165) is 24.0 Å². The van der Waals surface area contributed by atoms with E-state index in [1.165, 1.54) is 32.1 Å². The lowest BCUT2D eigenvalue weighted by Crippen LogP contribution is -2.35. The summed E-state index contributed by atoms with van der Waals surface area (Å²) >= 11 is 0. The lowest BCUT2D eigenvalue weighted by Gasteiger charge is -2.34. The van der Waals surface area contributed by atoms with Gasteiger partial charge in [-0.05, 0) is 45.6 Å². The minimum atomic E-state index is 0.575. The first kappa shape index (κ1) is 14.3.